The highest BCUT2D eigenvalue weighted by Crippen LogP contribution is 2.45. The summed E-state index contributed by atoms with van der Waals surface area (Å²) in [5.74, 6) is 0.0571. The van der Waals surface area contributed by atoms with Crippen molar-refractivity contribution in [3.63, 3.8) is 0 Å². The lowest BCUT2D eigenvalue weighted by molar-refractivity contribution is -0.133. The summed E-state index contributed by atoms with van der Waals surface area (Å²) < 4.78 is 9.36. The van der Waals surface area contributed by atoms with E-state index < -0.39 is 0 Å². The van der Waals surface area contributed by atoms with Gasteiger partial charge in [0.15, 0.2) is 5.69 Å². The molecule has 8 heteroatoms. The van der Waals surface area contributed by atoms with Crippen LogP contribution in [0.2, 0.25) is 0 Å². The van der Waals surface area contributed by atoms with Gasteiger partial charge in [-0.25, -0.2) is 0 Å². The normalized spacial score (nSPS) is 23.2. The molecule has 1 unspecified atom stereocenters. The van der Waals surface area contributed by atoms with Gasteiger partial charge in [0, 0.05) is 43.6 Å². The van der Waals surface area contributed by atoms with Gasteiger partial charge >= 0.3 is 0 Å². The third kappa shape index (κ3) is 3.04. The lowest BCUT2D eigenvalue weighted by atomic mass is 9.71. The van der Waals surface area contributed by atoms with Gasteiger partial charge in [0.05, 0.1) is 12.5 Å². The molecule has 0 bridgehead atoms. The highest BCUT2D eigenvalue weighted by Gasteiger charge is 2.53. The third-order valence-corrected chi connectivity index (χ3v) is 5.86. The fourth-order valence-corrected chi connectivity index (χ4v) is 4.31. The Bertz CT molecular complexity index is 584. The van der Waals surface area contributed by atoms with Crippen LogP contribution in [-0.4, -0.2) is 70.6 Å². The van der Waals surface area contributed by atoms with Gasteiger partial charge in [-0.2, -0.15) is 0 Å². The number of nitrogens with zero attached hydrogens (tertiary/aromatic N) is 4. The van der Waals surface area contributed by atoms with E-state index >= 15 is 0 Å². The molecule has 0 aromatic carbocycles. The minimum Gasteiger partial charge on any atom is -0.381 e. The van der Waals surface area contributed by atoms with Crippen LogP contribution in [0.5, 0.6) is 0 Å². The average molecular weight is 352 g/mol. The van der Waals surface area contributed by atoms with Crippen LogP contribution in [0.15, 0.2) is 5.38 Å². The van der Waals surface area contributed by atoms with Crippen LogP contribution in [-0.2, 0) is 9.53 Å². The molecule has 132 valence electrons. The molecule has 0 aliphatic carbocycles. The number of rotatable bonds is 5. The average Bonchev–Trinajstić information content (AvgIpc) is 3.21. The molecule has 1 spiro atoms. The Hall–Kier alpha value is -1.54. The van der Waals surface area contributed by atoms with Crippen molar-refractivity contribution in [3.05, 3.63) is 11.1 Å². The zero-order valence-corrected chi connectivity index (χ0v) is 15.0. The molecular weight excluding hydrogens is 328 g/mol. The van der Waals surface area contributed by atoms with Gasteiger partial charge in [-0.15, -0.1) is 5.10 Å². The monoisotopic (exact) mass is 352 g/mol. The molecule has 2 aliphatic heterocycles. The summed E-state index contributed by atoms with van der Waals surface area (Å²) in [4.78, 5) is 28.9. The van der Waals surface area contributed by atoms with Crippen LogP contribution in [0.1, 0.15) is 37.2 Å². The summed E-state index contributed by atoms with van der Waals surface area (Å²) in [5.41, 5.74) is 0.346. The molecule has 2 fully saturated rings. The maximum absolute atomic E-state index is 12.7. The highest BCUT2D eigenvalue weighted by atomic mass is 32.1. The van der Waals surface area contributed by atoms with Gasteiger partial charge < -0.3 is 14.5 Å². The maximum atomic E-state index is 12.7. The summed E-state index contributed by atoms with van der Waals surface area (Å²) in [6.45, 7) is 7.89. The van der Waals surface area contributed by atoms with Crippen LogP contribution in [0, 0.1) is 11.3 Å². The van der Waals surface area contributed by atoms with Crippen molar-refractivity contribution in [1.29, 1.82) is 0 Å². The van der Waals surface area contributed by atoms with Crippen molar-refractivity contribution in [1.82, 2.24) is 19.4 Å². The topological polar surface area (TPSA) is 75.6 Å². The fourth-order valence-electron chi connectivity index (χ4n) is 3.88. The molecule has 2 amide bonds. The molecular formula is C16H24N4O3S. The number of likely N-dealkylation sites (tertiary alicyclic amines) is 2. The molecule has 0 N–H and O–H groups in total. The summed E-state index contributed by atoms with van der Waals surface area (Å²) in [6, 6.07) is 0. The Labute approximate surface area is 146 Å². The van der Waals surface area contributed by atoms with Crippen molar-refractivity contribution in [2.45, 2.75) is 26.7 Å². The Morgan fingerprint density at radius 1 is 1.42 bits per heavy atom. The van der Waals surface area contributed by atoms with Gasteiger partial charge in [-0.05, 0) is 38.2 Å². The van der Waals surface area contributed by atoms with E-state index in [2.05, 4.69) is 9.59 Å². The van der Waals surface area contributed by atoms with Gasteiger partial charge in [0.1, 0.15) is 0 Å². The van der Waals surface area contributed by atoms with Crippen LogP contribution >= 0.6 is 11.5 Å². The van der Waals surface area contributed by atoms with E-state index in [1.165, 1.54) is 11.5 Å². The molecule has 3 heterocycles. The number of piperidine rings is 1. The molecule has 3 rings (SSSR count). The van der Waals surface area contributed by atoms with Crippen LogP contribution in [0.25, 0.3) is 0 Å². The molecule has 1 aromatic heterocycles. The highest BCUT2D eigenvalue weighted by molar-refractivity contribution is 7.03. The van der Waals surface area contributed by atoms with E-state index in [1.807, 2.05) is 23.6 Å². The number of hydrogen-bond acceptors (Lipinski definition) is 6. The van der Waals surface area contributed by atoms with E-state index in [9.17, 15) is 9.59 Å². The summed E-state index contributed by atoms with van der Waals surface area (Å²) in [7, 11) is 0. The minimum atomic E-state index is -0.0874. The van der Waals surface area contributed by atoms with E-state index in [4.69, 9.17) is 4.74 Å². The molecule has 2 saturated heterocycles. The van der Waals surface area contributed by atoms with E-state index in [0.29, 0.717) is 32.0 Å². The number of amides is 2. The second kappa shape index (κ2) is 7.14. The number of hydrogen-bond donors (Lipinski definition) is 0. The second-order valence-electron chi connectivity index (χ2n) is 6.51. The zero-order chi connectivity index (χ0) is 17.2. The molecule has 1 aromatic rings. The van der Waals surface area contributed by atoms with Crippen molar-refractivity contribution >= 4 is 23.3 Å². The summed E-state index contributed by atoms with van der Waals surface area (Å²) in [5, 5.41) is 5.55. The lowest BCUT2D eigenvalue weighted by Crippen LogP contribution is -2.47. The molecule has 1 atom stereocenters. The van der Waals surface area contributed by atoms with E-state index in [0.717, 1.165) is 25.9 Å². The first-order chi connectivity index (χ1) is 11.6. The molecule has 7 nitrogen and oxygen atoms in total. The lowest BCUT2D eigenvalue weighted by Gasteiger charge is -2.41. The summed E-state index contributed by atoms with van der Waals surface area (Å²) >= 11 is 1.19. The van der Waals surface area contributed by atoms with Crippen LogP contribution < -0.4 is 0 Å². The second-order valence-corrected chi connectivity index (χ2v) is 7.12. The van der Waals surface area contributed by atoms with Crippen molar-refractivity contribution in [2.75, 3.05) is 39.4 Å². The van der Waals surface area contributed by atoms with Crippen LogP contribution in [0.4, 0.5) is 0 Å². The molecule has 0 saturated carbocycles. The SMILES string of the molecule is CCOCC1C(=O)N(CC)CC12CCN(C(=O)c1csnn1)CC2. The van der Waals surface area contributed by atoms with Gasteiger partial charge in [-0.1, -0.05) is 4.49 Å². The first-order valence-electron chi connectivity index (χ1n) is 8.54. The number of ether oxygens (including phenoxy) is 1. The Morgan fingerprint density at radius 3 is 2.75 bits per heavy atom. The third-order valence-electron chi connectivity index (χ3n) is 5.35. The Kier molecular flexibility index (Phi) is 5.15. The predicted octanol–water partition coefficient (Wildman–Crippen LogP) is 1.28. The first kappa shape index (κ1) is 17.3. The predicted molar refractivity (Wildman–Crippen MR) is 89.7 cm³/mol. The number of carbonyl (C=O) groups excluding carboxylic acids is 2. The van der Waals surface area contributed by atoms with Crippen molar-refractivity contribution in [2.24, 2.45) is 11.3 Å². The smallest absolute Gasteiger partial charge is 0.275 e. The van der Waals surface area contributed by atoms with Crippen LogP contribution in [0.3, 0.4) is 0 Å². The quantitative estimate of drug-likeness (QED) is 0.798. The standard InChI is InChI=1S/C16H24N4O3S/c1-3-19-11-16(12(14(19)21)9-23-4-2)5-7-20(8-6-16)15(22)13-10-24-18-17-13/h10,12H,3-9,11H2,1-2H3. The van der Waals surface area contributed by atoms with Gasteiger partial charge in [0.2, 0.25) is 5.91 Å². The van der Waals surface area contributed by atoms with Gasteiger partial charge in [0.25, 0.3) is 5.91 Å². The summed E-state index contributed by atoms with van der Waals surface area (Å²) in [6.07, 6.45) is 1.66. The van der Waals surface area contributed by atoms with E-state index in [1.54, 1.807) is 5.38 Å². The number of carbonyl (C=O) groups is 2. The zero-order valence-electron chi connectivity index (χ0n) is 14.2. The van der Waals surface area contributed by atoms with Crippen molar-refractivity contribution < 1.29 is 14.3 Å². The van der Waals surface area contributed by atoms with Gasteiger partial charge in [-0.3, -0.25) is 9.59 Å². The molecule has 2 aliphatic rings. The molecule has 0 radical (unpaired) electrons. The molecule has 24 heavy (non-hydrogen) atoms. The maximum Gasteiger partial charge on any atom is 0.275 e. The Morgan fingerprint density at radius 2 is 2.17 bits per heavy atom. The van der Waals surface area contributed by atoms with E-state index in [-0.39, 0.29) is 23.1 Å². The Balaban J connectivity index is 1.70. The number of aromatic nitrogens is 2. The van der Waals surface area contributed by atoms with Crippen molar-refractivity contribution in [3.8, 4) is 0 Å². The first-order valence-corrected chi connectivity index (χ1v) is 9.38. The fraction of sp³-hybridized carbons (Fsp3) is 0.750. The minimum absolute atomic E-state index is 0.0587. The largest absolute Gasteiger partial charge is 0.381 e.